The van der Waals surface area contributed by atoms with E-state index in [0.29, 0.717) is 11.1 Å². The highest BCUT2D eigenvalue weighted by molar-refractivity contribution is 6.21. The van der Waals surface area contributed by atoms with E-state index in [0.717, 1.165) is 16.5 Å². The fourth-order valence-corrected chi connectivity index (χ4v) is 3.00. The van der Waals surface area contributed by atoms with Gasteiger partial charge in [0.15, 0.2) is 5.75 Å². The molecule has 3 rings (SSSR count). The number of rotatable bonds is 6. The number of alkyl halides is 3. The Morgan fingerprint density at radius 1 is 1.07 bits per heavy atom. The van der Waals surface area contributed by atoms with E-state index in [1.54, 1.807) is 18.2 Å². The molecule has 1 aliphatic heterocycles. The van der Waals surface area contributed by atoms with Gasteiger partial charge in [-0.2, -0.15) is 0 Å². The van der Waals surface area contributed by atoms with Crippen LogP contribution in [0.1, 0.15) is 39.1 Å². The fraction of sp³-hybridized carbons (Fsp3) is 0.250. The largest absolute Gasteiger partial charge is 0.573 e. The number of carbonyl (C=O) groups is 3. The second-order valence-electron chi connectivity index (χ2n) is 6.51. The molecule has 0 aromatic heterocycles. The maximum Gasteiger partial charge on any atom is 0.573 e. The van der Waals surface area contributed by atoms with Crippen LogP contribution in [0.3, 0.4) is 0 Å². The molecule has 1 heterocycles. The SMILES string of the molecule is Cc1ccc2c(c1)C(=O)N(CCCC(=O)Nc1ccccc1OC(F)(F)F)C2=O. The van der Waals surface area contributed by atoms with Crippen molar-refractivity contribution in [2.75, 3.05) is 11.9 Å². The third-order valence-electron chi connectivity index (χ3n) is 4.30. The van der Waals surface area contributed by atoms with Gasteiger partial charge in [0.2, 0.25) is 5.91 Å². The van der Waals surface area contributed by atoms with E-state index in [-0.39, 0.29) is 25.1 Å². The normalized spacial score (nSPS) is 13.4. The highest BCUT2D eigenvalue weighted by Crippen LogP contribution is 2.30. The van der Waals surface area contributed by atoms with Crippen LogP contribution < -0.4 is 10.1 Å². The first kappa shape index (κ1) is 20.4. The lowest BCUT2D eigenvalue weighted by Gasteiger charge is -2.15. The Morgan fingerprint density at radius 3 is 2.48 bits per heavy atom. The molecule has 3 amide bonds. The number of aryl methyl sites for hydroxylation is 1. The molecule has 2 aromatic rings. The van der Waals surface area contributed by atoms with Gasteiger partial charge in [0, 0.05) is 13.0 Å². The van der Waals surface area contributed by atoms with Crippen LogP contribution in [0, 0.1) is 6.92 Å². The van der Waals surface area contributed by atoms with Gasteiger partial charge < -0.3 is 10.1 Å². The third-order valence-corrected chi connectivity index (χ3v) is 4.30. The van der Waals surface area contributed by atoms with Gasteiger partial charge >= 0.3 is 6.36 Å². The Bertz CT molecular complexity index is 972. The van der Waals surface area contributed by atoms with Crippen LogP contribution in [-0.4, -0.2) is 35.5 Å². The quantitative estimate of drug-likeness (QED) is 0.738. The van der Waals surface area contributed by atoms with E-state index in [1.807, 2.05) is 6.92 Å². The molecule has 0 aliphatic carbocycles. The number of benzene rings is 2. The van der Waals surface area contributed by atoms with Gasteiger partial charge in [-0.15, -0.1) is 13.2 Å². The summed E-state index contributed by atoms with van der Waals surface area (Å²) in [5, 5.41) is 2.35. The molecule has 0 radical (unpaired) electrons. The number of anilines is 1. The van der Waals surface area contributed by atoms with Crippen molar-refractivity contribution >= 4 is 23.4 Å². The molecule has 0 fully saturated rings. The van der Waals surface area contributed by atoms with Crippen molar-refractivity contribution in [1.29, 1.82) is 0 Å². The van der Waals surface area contributed by atoms with Gasteiger partial charge in [0.05, 0.1) is 16.8 Å². The van der Waals surface area contributed by atoms with Gasteiger partial charge in [-0.1, -0.05) is 23.8 Å². The second-order valence-corrected chi connectivity index (χ2v) is 6.51. The van der Waals surface area contributed by atoms with Crippen molar-refractivity contribution < 1.29 is 32.3 Å². The van der Waals surface area contributed by atoms with E-state index >= 15 is 0 Å². The van der Waals surface area contributed by atoms with Gasteiger partial charge in [0.1, 0.15) is 0 Å². The van der Waals surface area contributed by atoms with E-state index < -0.39 is 29.8 Å². The summed E-state index contributed by atoms with van der Waals surface area (Å²) < 4.78 is 41.2. The molecular weight excluding hydrogens is 389 g/mol. The predicted octanol–water partition coefficient (Wildman–Crippen LogP) is 3.91. The average Bonchev–Trinajstić information content (AvgIpc) is 2.86. The number of imide groups is 1. The van der Waals surface area contributed by atoms with E-state index in [4.69, 9.17) is 0 Å². The molecule has 1 N–H and O–H groups in total. The lowest BCUT2D eigenvalue weighted by molar-refractivity contribution is -0.274. The first-order chi connectivity index (χ1) is 13.7. The Kier molecular flexibility index (Phi) is 5.58. The minimum atomic E-state index is -4.88. The number of hydrogen-bond donors (Lipinski definition) is 1. The lowest BCUT2D eigenvalue weighted by Crippen LogP contribution is -2.31. The number of amides is 3. The molecule has 0 atom stereocenters. The molecule has 0 spiro atoms. The van der Waals surface area contributed by atoms with Crippen LogP contribution in [-0.2, 0) is 4.79 Å². The molecule has 0 saturated heterocycles. The van der Waals surface area contributed by atoms with Crippen LogP contribution in [0.25, 0.3) is 0 Å². The number of nitrogens with one attached hydrogen (secondary N) is 1. The summed E-state index contributed by atoms with van der Waals surface area (Å²) in [7, 11) is 0. The summed E-state index contributed by atoms with van der Waals surface area (Å²) in [5.74, 6) is -1.92. The highest BCUT2D eigenvalue weighted by Gasteiger charge is 2.35. The number of halogens is 3. The summed E-state index contributed by atoms with van der Waals surface area (Å²) in [6.07, 6.45) is -4.81. The molecule has 1 aliphatic rings. The standard InChI is InChI=1S/C20H17F3N2O4/c1-12-8-9-13-14(11-12)19(28)25(18(13)27)10-4-7-17(26)24-15-5-2-3-6-16(15)29-20(21,22)23/h2-3,5-6,8-9,11H,4,7,10H2,1H3,(H,24,26). The maximum atomic E-state index is 12.4. The Hall–Kier alpha value is -3.36. The predicted molar refractivity (Wildman–Crippen MR) is 97.5 cm³/mol. The lowest BCUT2D eigenvalue weighted by atomic mass is 10.1. The van der Waals surface area contributed by atoms with Gasteiger partial charge in [-0.05, 0) is 37.6 Å². The van der Waals surface area contributed by atoms with Crippen LogP contribution in [0.2, 0.25) is 0 Å². The zero-order valence-electron chi connectivity index (χ0n) is 15.4. The second kappa shape index (κ2) is 7.94. The third kappa shape index (κ3) is 4.74. The first-order valence-electron chi connectivity index (χ1n) is 8.77. The zero-order valence-corrected chi connectivity index (χ0v) is 15.4. The van der Waals surface area contributed by atoms with Crippen LogP contribution in [0.5, 0.6) is 5.75 Å². The smallest absolute Gasteiger partial charge is 0.404 e. The zero-order chi connectivity index (χ0) is 21.2. The molecular formula is C20H17F3N2O4. The summed E-state index contributed by atoms with van der Waals surface area (Å²) in [4.78, 5) is 37.9. The number of nitrogens with zero attached hydrogens (tertiary/aromatic N) is 1. The Balaban J connectivity index is 1.57. The van der Waals surface area contributed by atoms with Crippen molar-refractivity contribution in [3.05, 3.63) is 59.2 Å². The number of fused-ring (bicyclic) bond motifs is 1. The van der Waals surface area contributed by atoms with Crippen molar-refractivity contribution in [1.82, 2.24) is 4.90 Å². The van der Waals surface area contributed by atoms with Crippen molar-refractivity contribution in [2.24, 2.45) is 0 Å². The summed E-state index contributed by atoms with van der Waals surface area (Å²) in [6.45, 7) is 1.84. The van der Waals surface area contributed by atoms with E-state index in [9.17, 15) is 27.6 Å². The van der Waals surface area contributed by atoms with Crippen LogP contribution in [0.4, 0.5) is 18.9 Å². The van der Waals surface area contributed by atoms with Gasteiger partial charge in [0.25, 0.3) is 11.8 Å². The first-order valence-corrected chi connectivity index (χ1v) is 8.77. The Morgan fingerprint density at radius 2 is 1.76 bits per heavy atom. The molecule has 29 heavy (non-hydrogen) atoms. The topological polar surface area (TPSA) is 75.7 Å². The van der Waals surface area contributed by atoms with E-state index in [1.165, 1.54) is 18.2 Å². The molecule has 0 unspecified atom stereocenters. The number of hydrogen-bond acceptors (Lipinski definition) is 4. The molecule has 6 nitrogen and oxygen atoms in total. The monoisotopic (exact) mass is 406 g/mol. The van der Waals surface area contributed by atoms with Crippen molar-refractivity contribution in [2.45, 2.75) is 26.1 Å². The highest BCUT2D eigenvalue weighted by atomic mass is 19.4. The van der Waals surface area contributed by atoms with Crippen molar-refractivity contribution in [3.63, 3.8) is 0 Å². The van der Waals surface area contributed by atoms with Gasteiger partial charge in [-0.25, -0.2) is 0 Å². The number of carbonyl (C=O) groups excluding carboxylic acids is 3. The fourth-order valence-electron chi connectivity index (χ4n) is 3.00. The number of para-hydroxylation sites is 2. The number of ether oxygens (including phenoxy) is 1. The minimum absolute atomic E-state index is 0.0273. The molecule has 152 valence electrons. The van der Waals surface area contributed by atoms with Crippen molar-refractivity contribution in [3.8, 4) is 5.75 Å². The summed E-state index contributed by atoms with van der Waals surface area (Å²) >= 11 is 0. The Labute approximate surface area is 164 Å². The molecule has 0 bridgehead atoms. The maximum absolute atomic E-state index is 12.4. The molecule has 0 saturated carbocycles. The summed E-state index contributed by atoms with van der Waals surface area (Å²) in [6, 6.07) is 10.1. The van der Waals surface area contributed by atoms with Crippen LogP contribution >= 0.6 is 0 Å². The van der Waals surface area contributed by atoms with Gasteiger partial charge in [-0.3, -0.25) is 19.3 Å². The van der Waals surface area contributed by atoms with E-state index in [2.05, 4.69) is 10.1 Å². The molecule has 9 heteroatoms. The average molecular weight is 406 g/mol. The summed E-state index contributed by atoms with van der Waals surface area (Å²) in [5.41, 5.74) is 1.39. The molecule has 2 aromatic carbocycles. The minimum Gasteiger partial charge on any atom is -0.404 e. The van der Waals surface area contributed by atoms with Crippen LogP contribution in [0.15, 0.2) is 42.5 Å².